The maximum atomic E-state index is 9.57. The molecule has 0 aromatic carbocycles. The topological polar surface area (TPSA) is 44.7 Å². The number of morpholine rings is 1. The number of hydrogen-bond donors (Lipinski definition) is 2. The minimum absolute atomic E-state index is 0.227. The monoisotopic (exact) mass is 216 g/mol. The first-order chi connectivity index (χ1) is 7.20. The highest BCUT2D eigenvalue weighted by molar-refractivity contribution is 4.66. The van der Waals surface area contributed by atoms with E-state index in [4.69, 9.17) is 4.74 Å². The number of aliphatic hydroxyl groups excluding tert-OH is 1. The second-order valence-electron chi connectivity index (χ2n) is 4.47. The van der Waals surface area contributed by atoms with E-state index in [-0.39, 0.29) is 6.10 Å². The standard InChI is InChI=1S/C11H24N2O2/c1-10(2)11(14)9-12-3-4-13-5-7-15-8-6-13/h10-12,14H,3-9H2,1-2H3. The van der Waals surface area contributed by atoms with Gasteiger partial charge in [0.25, 0.3) is 0 Å². The first kappa shape index (κ1) is 12.9. The van der Waals surface area contributed by atoms with Crippen LogP contribution in [0.25, 0.3) is 0 Å². The van der Waals surface area contributed by atoms with E-state index in [2.05, 4.69) is 10.2 Å². The van der Waals surface area contributed by atoms with Crippen molar-refractivity contribution >= 4 is 0 Å². The van der Waals surface area contributed by atoms with E-state index in [0.717, 1.165) is 39.4 Å². The van der Waals surface area contributed by atoms with Gasteiger partial charge in [0, 0.05) is 32.7 Å². The van der Waals surface area contributed by atoms with E-state index in [1.54, 1.807) is 0 Å². The van der Waals surface area contributed by atoms with Crippen molar-refractivity contribution in [1.29, 1.82) is 0 Å². The molecule has 1 aliphatic heterocycles. The average molecular weight is 216 g/mol. The van der Waals surface area contributed by atoms with Crippen LogP contribution in [0.4, 0.5) is 0 Å². The highest BCUT2D eigenvalue weighted by atomic mass is 16.5. The van der Waals surface area contributed by atoms with Crippen molar-refractivity contribution in [3.63, 3.8) is 0 Å². The Labute approximate surface area is 92.6 Å². The number of nitrogens with one attached hydrogen (secondary N) is 1. The maximum absolute atomic E-state index is 9.57. The van der Waals surface area contributed by atoms with Gasteiger partial charge in [0.2, 0.25) is 0 Å². The van der Waals surface area contributed by atoms with Crippen molar-refractivity contribution in [2.45, 2.75) is 20.0 Å². The summed E-state index contributed by atoms with van der Waals surface area (Å²) in [4.78, 5) is 2.39. The Morgan fingerprint density at radius 1 is 1.33 bits per heavy atom. The molecule has 15 heavy (non-hydrogen) atoms. The summed E-state index contributed by atoms with van der Waals surface area (Å²) < 4.78 is 5.27. The second kappa shape index (κ2) is 7.17. The van der Waals surface area contributed by atoms with Gasteiger partial charge in [-0.2, -0.15) is 0 Å². The van der Waals surface area contributed by atoms with Crippen LogP contribution in [0.5, 0.6) is 0 Å². The largest absolute Gasteiger partial charge is 0.392 e. The number of aliphatic hydroxyl groups is 1. The quantitative estimate of drug-likeness (QED) is 0.610. The van der Waals surface area contributed by atoms with Gasteiger partial charge in [-0.25, -0.2) is 0 Å². The Morgan fingerprint density at radius 2 is 2.00 bits per heavy atom. The molecule has 0 aromatic rings. The van der Waals surface area contributed by atoms with Crippen LogP contribution >= 0.6 is 0 Å². The van der Waals surface area contributed by atoms with Crippen LogP contribution in [0.3, 0.4) is 0 Å². The minimum Gasteiger partial charge on any atom is -0.392 e. The van der Waals surface area contributed by atoms with Crippen molar-refractivity contribution in [3.8, 4) is 0 Å². The molecule has 0 aromatic heterocycles. The Hall–Kier alpha value is -0.160. The summed E-state index contributed by atoms with van der Waals surface area (Å²) in [6.07, 6.45) is -0.227. The van der Waals surface area contributed by atoms with Gasteiger partial charge in [0.15, 0.2) is 0 Å². The van der Waals surface area contributed by atoms with Crippen LogP contribution < -0.4 is 5.32 Å². The first-order valence-electron chi connectivity index (χ1n) is 5.89. The number of hydrogen-bond acceptors (Lipinski definition) is 4. The third-order valence-corrected chi connectivity index (χ3v) is 2.83. The molecule has 0 amide bonds. The average Bonchev–Trinajstić information content (AvgIpc) is 2.25. The van der Waals surface area contributed by atoms with E-state index in [1.807, 2.05) is 13.8 Å². The second-order valence-corrected chi connectivity index (χ2v) is 4.47. The smallest absolute Gasteiger partial charge is 0.0687 e. The summed E-state index contributed by atoms with van der Waals surface area (Å²) in [6, 6.07) is 0. The molecule has 0 bridgehead atoms. The van der Waals surface area contributed by atoms with Gasteiger partial charge in [0.05, 0.1) is 19.3 Å². The lowest BCUT2D eigenvalue weighted by atomic mass is 10.1. The molecule has 1 atom stereocenters. The van der Waals surface area contributed by atoms with Crippen LogP contribution in [0.15, 0.2) is 0 Å². The van der Waals surface area contributed by atoms with Gasteiger partial charge in [-0.3, -0.25) is 4.90 Å². The molecule has 0 radical (unpaired) electrons. The van der Waals surface area contributed by atoms with E-state index in [1.165, 1.54) is 0 Å². The summed E-state index contributed by atoms with van der Waals surface area (Å²) in [5.74, 6) is 0.334. The number of ether oxygens (including phenoxy) is 1. The summed E-state index contributed by atoms with van der Waals surface area (Å²) in [6.45, 7) is 10.6. The molecule has 1 rings (SSSR count). The third-order valence-electron chi connectivity index (χ3n) is 2.83. The molecule has 1 saturated heterocycles. The Morgan fingerprint density at radius 3 is 2.60 bits per heavy atom. The lowest BCUT2D eigenvalue weighted by Crippen LogP contribution is -2.41. The van der Waals surface area contributed by atoms with Gasteiger partial charge in [-0.1, -0.05) is 13.8 Å². The van der Waals surface area contributed by atoms with Gasteiger partial charge in [0.1, 0.15) is 0 Å². The highest BCUT2D eigenvalue weighted by Crippen LogP contribution is 1.99. The van der Waals surface area contributed by atoms with Crippen molar-refractivity contribution < 1.29 is 9.84 Å². The van der Waals surface area contributed by atoms with Gasteiger partial charge >= 0.3 is 0 Å². The molecule has 1 fully saturated rings. The molecule has 1 heterocycles. The molecule has 1 aliphatic rings. The van der Waals surface area contributed by atoms with Crippen LogP contribution in [-0.4, -0.2) is 62.0 Å². The zero-order valence-corrected chi connectivity index (χ0v) is 9.91. The first-order valence-corrected chi connectivity index (χ1v) is 5.89. The molecule has 0 spiro atoms. The molecule has 1 unspecified atom stereocenters. The molecule has 0 aliphatic carbocycles. The Bertz CT molecular complexity index is 159. The van der Waals surface area contributed by atoms with Gasteiger partial charge in [-0.05, 0) is 5.92 Å². The lowest BCUT2D eigenvalue weighted by Gasteiger charge is -2.26. The minimum atomic E-state index is -0.227. The van der Waals surface area contributed by atoms with Crippen molar-refractivity contribution in [2.75, 3.05) is 45.9 Å². The Balaban J connectivity index is 1.96. The molecule has 0 saturated carbocycles. The maximum Gasteiger partial charge on any atom is 0.0687 e. The normalized spacial score (nSPS) is 20.8. The van der Waals surface area contributed by atoms with E-state index in [9.17, 15) is 5.11 Å². The van der Waals surface area contributed by atoms with Crippen LogP contribution in [-0.2, 0) is 4.74 Å². The number of nitrogens with zero attached hydrogens (tertiary/aromatic N) is 1. The Kier molecular flexibility index (Phi) is 6.17. The van der Waals surface area contributed by atoms with E-state index >= 15 is 0 Å². The molecular formula is C11H24N2O2. The van der Waals surface area contributed by atoms with Crippen molar-refractivity contribution in [2.24, 2.45) is 5.92 Å². The summed E-state index contributed by atoms with van der Waals surface area (Å²) >= 11 is 0. The van der Waals surface area contributed by atoms with Crippen LogP contribution in [0.2, 0.25) is 0 Å². The SMILES string of the molecule is CC(C)C(O)CNCCN1CCOCC1. The molecular weight excluding hydrogens is 192 g/mol. The highest BCUT2D eigenvalue weighted by Gasteiger charge is 2.10. The zero-order chi connectivity index (χ0) is 11.1. The zero-order valence-electron chi connectivity index (χ0n) is 9.91. The fourth-order valence-corrected chi connectivity index (χ4v) is 1.55. The van der Waals surface area contributed by atoms with Crippen LogP contribution in [0, 0.1) is 5.92 Å². The lowest BCUT2D eigenvalue weighted by molar-refractivity contribution is 0.0377. The van der Waals surface area contributed by atoms with Crippen molar-refractivity contribution in [1.82, 2.24) is 10.2 Å². The summed E-state index contributed by atoms with van der Waals surface area (Å²) in [5, 5.41) is 12.8. The molecule has 4 heteroatoms. The third kappa shape index (κ3) is 5.47. The summed E-state index contributed by atoms with van der Waals surface area (Å²) in [5.41, 5.74) is 0. The van der Waals surface area contributed by atoms with Gasteiger partial charge < -0.3 is 15.2 Å². The summed E-state index contributed by atoms with van der Waals surface area (Å²) in [7, 11) is 0. The van der Waals surface area contributed by atoms with Crippen LogP contribution in [0.1, 0.15) is 13.8 Å². The van der Waals surface area contributed by atoms with Crippen molar-refractivity contribution in [3.05, 3.63) is 0 Å². The van der Waals surface area contributed by atoms with E-state index in [0.29, 0.717) is 12.5 Å². The predicted octanol–water partition coefficient (Wildman–Crippen LogP) is -0.0749. The predicted molar refractivity (Wildman–Crippen MR) is 61.0 cm³/mol. The fourth-order valence-electron chi connectivity index (χ4n) is 1.55. The fraction of sp³-hybridized carbons (Fsp3) is 1.00. The van der Waals surface area contributed by atoms with Gasteiger partial charge in [-0.15, -0.1) is 0 Å². The molecule has 2 N–H and O–H groups in total. The molecule has 90 valence electrons. The molecule has 4 nitrogen and oxygen atoms in total. The number of rotatable bonds is 6. The van der Waals surface area contributed by atoms with E-state index < -0.39 is 0 Å².